The summed E-state index contributed by atoms with van der Waals surface area (Å²) in [7, 11) is 0. The molecule has 0 radical (unpaired) electrons. The summed E-state index contributed by atoms with van der Waals surface area (Å²) in [6.07, 6.45) is 2.00. The van der Waals surface area contributed by atoms with E-state index in [0.717, 1.165) is 11.1 Å². The van der Waals surface area contributed by atoms with Crippen LogP contribution in [0.2, 0.25) is 0 Å². The highest BCUT2D eigenvalue weighted by Gasteiger charge is 2.34. The smallest absolute Gasteiger partial charge is 0.263 e. The zero-order valence-electron chi connectivity index (χ0n) is 13.5. The second-order valence-corrected chi connectivity index (χ2v) is 6.74. The molecule has 3 heteroatoms. The van der Waals surface area contributed by atoms with E-state index in [0.29, 0.717) is 5.92 Å². The van der Waals surface area contributed by atoms with Gasteiger partial charge < -0.3 is 0 Å². The third-order valence-electron chi connectivity index (χ3n) is 4.31. The van der Waals surface area contributed by atoms with Crippen molar-refractivity contribution < 1.29 is 4.79 Å². The third kappa shape index (κ3) is 2.53. The van der Waals surface area contributed by atoms with Crippen LogP contribution in [-0.2, 0) is 4.79 Å². The van der Waals surface area contributed by atoms with Crippen LogP contribution in [0, 0.1) is 0 Å². The van der Waals surface area contributed by atoms with Crippen molar-refractivity contribution in [1.82, 2.24) is 10.9 Å². The Kier molecular flexibility index (Phi) is 3.53. The van der Waals surface area contributed by atoms with Crippen LogP contribution in [0.4, 0.5) is 0 Å². The summed E-state index contributed by atoms with van der Waals surface area (Å²) in [6, 6.07) is 12.8. The molecule has 0 aromatic heterocycles. The molecule has 0 aliphatic carbocycles. The van der Waals surface area contributed by atoms with Crippen molar-refractivity contribution in [2.45, 2.75) is 39.2 Å². The standard InChI is InChI=1S/C19H22N2O/c1-12(2)14-9-8-13-6-5-7-15(16(13)10-14)11-17-18(22)20-21-19(17,3)4/h5-12,21H,1-4H3,(H,20,22)/b17-11+. The average Bonchev–Trinajstić information content (AvgIpc) is 2.74. The largest absolute Gasteiger partial charge is 0.287 e. The Hall–Kier alpha value is -2.13. The number of hydrogen-bond donors (Lipinski definition) is 2. The summed E-state index contributed by atoms with van der Waals surface area (Å²) in [5.74, 6) is 0.431. The lowest BCUT2D eigenvalue weighted by atomic mass is 9.91. The van der Waals surface area contributed by atoms with Crippen LogP contribution >= 0.6 is 0 Å². The van der Waals surface area contributed by atoms with E-state index in [1.807, 2.05) is 26.0 Å². The first-order valence-corrected chi connectivity index (χ1v) is 7.71. The topological polar surface area (TPSA) is 41.1 Å². The lowest BCUT2D eigenvalue weighted by Gasteiger charge is -2.17. The van der Waals surface area contributed by atoms with Crippen LogP contribution in [0.3, 0.4) is 0 Å². The summed E-state index contributed by atoms with van der Waals surface area (Å²) >= 11 is 0. The molecular formula is C19H22N2O. The maximum absolute atomic E-state index is 12.1. The molecule has 0 atom stereocenters. The highest BCUT2D eigenvalue weighted by molar-refractivity contribution is 6.04. The van der Waals surface area contributed by atoms with E-state index in [1.165, 1.54) is 16.3 Å². The number of carbonyl (C=O) groups excluding carboxylic acids is 1. The van der Waals surface area contributed by atoms with Crippen molar-refractivity contribution in [2.24, 2.45) is 0 Å². The van der Waals surface area contributed by atoms with Crippen LogP contribution < -0.4 is 10.9 Å². The molecule has 0 spiro atoms. The van der Waals surface area contributed by atoms with Gasteiger partial charge in [0, 0.05) is 5.57 Å². The van der Waals surface area contributed by atoms with Crippen LogP contribution in [0.1, 0.15) is 44.7 Å². The van der Waals surface area contributed by atoms with Gasteiger partial charge in [0.25, 0.3) is 5.91 Å². The van der Waals surface area contributed by atoms with Gasteiger partial charge in [-0.2, -0.15) is 0 Å². The number of nitrogens with one attached hydrogen (secondary N) is 2. The van der Waals surface area contributed by atoms with Gasteiger partial charge in [0.2, 0.25) is 0 Å². The number of benzene rings is 2. The molecular weight excluding hydrogens is 272 g/mol. The predicted molar refractivity (Wildman–Crippen MR) is 91.4 cm³/mol. The molecule has 22 heavy (non-hydrogen) atoms. The average molecular weight is 294 g/mol. The Morgan fingerprint density at radius 3 is 2.55 bits per heavy atom. The normalized spacial score (nSPS) is 19.1. The number of rotatable bonds is 2. The van der Waals surface area contributed by atoms with Crippen molar-refractivity contribution in [2.75, 3.05) is 0 Å². The molecule has 1 aliphatic rings. The quantitative estimate of drug-likeness (QED) is 0.828. The summed E-state index contributed by atoms with van der Waals surface area (Å²) in [6.45, 7) is 8.39. The number of hydrazine groups is 1. The van der Waals surface area contributed by atoms with Gasteiger partial charge in [-0.1, -0.05) is 50.2 Å². The van der Waals surface area contributed by atoms with E-state index < -0.39 is 0 Å². The van der Waals surface area contributed by atoms with E-state index in [2.05, 4.69) is 55.0 Å². The van der Waals surface area contributed by atoms with Crippen molar-refractivity contribution in [1.29, 1.82) is 0 Å². The Balaban J connectivity index is 2.18. The third-order valence-corrected chi connectivity index (χ3v) is 4.31. The minimum Gasteiger partial charge on any atom is -0.287 e. The number of amides is 1. The molecule has 2 aromatic carbocycles. The second kappa shape index (κ2) is 5.25. The summed E-state index contributed by atoms with van der Waals surface area (Å²) in [5, 5.41) is 2.39. The van der Waals surface area contributed by atoms with Gasteiger partial charge in [-0.05, 0) is 47.7 Å². The van der Waals surface area contributed by atoms with Gasteiger partial charge >= 0.3 is 0 Å². The molecule has 2 aromatic rings. The van der Waals surface area contributed by atoms with Crippen molar-refractivity contribution in [3.8, 4) is 0 Å². The molecule has 1 saturated heterocycles. The first-order chi connectivity index (χ1) is 10.4. The van der Waals surface area contributed by atoms with E-state index >= 15 is 0 Å². The van der Waals surface area contributed by atoms with Crippen molar-refractivity contribution in [3.05, 3.63) is 53.1 Å². The lowest BCUT2D eigenvalue weighted by molar-refractivity contribution is -0.116. The maximum Gasteiger partial charge on any atom is 0.263 e. The molecule has 1 heterocycles. The van der Waals surface area contributed by atoms with Crippen LogP contribution in [0.25, 0.3) is 16.8 Å². The minimum atomic E-state index is -0.366. The number of carbonyl (C=O) groups is 1. The zero-order chi connectivity index (χ0) is 15.9. The van der Waals surface area contributed by atoms with Crippen LogP contribution in [0.15, 0.2) is 42.0 Å². The maximum atomic E-state index is 12.1. The fraction of sp³-hybridized carbons (Fsp3) is 0.316. The van der Waals surface area contributed by atoms with E-state index in [9.17, 15) is 4.79 Å². The minimum absolute atomic E-state index is 0.0537. The van der Waals surface area contributed by atoms with Gasteiger partial charge in [-0.15, -0.1) is 0 Å². The molecule has 3 nitrogen and oxygen atoms in total. The van der Waals surface area contributed by atoms with E-state index in [4.69, 9.17) is 0 Å². The monoisotopic (exact) mass is 294 g/mol. The van der Waals surface area contributed by atoms with Crippen LogP contribution in [-0.4, -0.2) is 11.4 Å². The number of fused-ring (bicyclic) bond motifs is 1. The Bertz CT molecular complexity index is 772. The molecule has 114 valence electrons. The molecule has 0 saturated carbocycles. The molecule has 3 rings (SSSR count). The van der Waals surface area contributed by atoms with Gasteiger partial charge in [0.15, 0.2) is 0 Å². The molecule has 1 amide bonds. The molecule has 2 N–H and O–H groups in total. The zero-order valence-corrected chi connectivity index (χ0v) is 13.5. The molecule has 0 bridgehead atoms. The second-order valence-electron chi connectivity index (χ2n) is 6.74. The molecule has 1 fully saturated rings. The highest BCUT2D eigenvalue weighted by Crippen LogP contribution is 2.28. The Labute approximate surface area is 131 Å². The highest BCUT2D eigenvalue weighted by atomic mass is 16.2. The summed E-state index contributed by atoms with van der Waals surface area (Å²) in [5.41, 5.74) is 8.52. The van der Waals surface area contributed by atoms with Gasteiger partial charge in [-0.25, -0.2) is 5.43 Å². The lowest BCUT2D eigenvalue weighted by Crippen LogP contribution is -2.38. The molecule has 0 unspecified atom stereocenters. The van der Waals surface area contributed by atoms with Gasteiger partial charge in [0.1, 0.15) is 0 Å². The summed E-state index contributed by atoms with van der Waals surface area (Å²) < 4.78 is 0. The van der Waals surface area contributed by atoms with E-state index in [1.54, 1.807) is 0 Å². The van der Waals surface area contributed by atoms with Gasteiger partial charge in [0.05, 0.1) is 5.54 Å². The summed E-state index contributed by atoms with van der Waals surface area (Å²) in [4.78, 5) is 12.1. The molecule has 1 aliphatic heterocycles. The van der Waals surface area contributed by atoms with Crippen molar-refractivity contribution in [3.63, 3.8) is 0 Å². The van der Waals surface area contributed by atoms with Crippen LogP contribution in [0.5, 0.6) is 0 Å². The fourth-order valence-electron chi connectivity index (χ4n) is 2.83. The first-order valence-electron chi connectivity index (χ1n) is 7.71. The Morgan fingerprint density at radius 1 is 1.14 bits per heavy atom. The SMILES string of the molecule is CC(C)c1ccc2cccc(/C=C3\C(=O)NNC3(C)C)c2c1. The van der Waals surface area contributed by atoms with E-state index in [-0.39, 0.29) is 11.4 Å². The Morgan fingerprint density at radius 2 is 1.91 bits per heavy atom. The predicted octanol–water partition coefficient (Wildman–Crippen LogP) is 3.76. The number of hydrogen-bond acceptors (Lipinski definition) is 2. The first kappa shape index (κ1) is 14.8. The fourth-order valence-corrected chi connectivity index (χ4v) is 2.83. The van der Waals surface area contributed by atoms with Gasteiger partial charge in [-0.3, -0.25) is 10.2 Å². The van der Waals surface area contributed by atoms with Crippen molar-refractivity contribution >= 4 is 22.8 Å².